The Kier molecular flexibility index (Phi) is 5.02. The lowest BCUT2D eigenvalue weighted by atomic mass is 10.1. The highest BCUT2D eigenvalue weighted by Gasteiger charge is 2.28. The van der Waals surface area contributed by atoms with Gasteiger partial charge < -0.3 is 4.74 Å². The van der Waals surface area contributed by atoms with E-state index < -0.39 is 0 Å². The van der Waals surface area contributed by atoms with Gasteiger partial charge in [-0.05, 0) is 6.42 Å². The Morgan fingerprint density at radius 3 is 2.50 bits per heavy atom. The highest BCUT2D eigenvalue weighted by atomic mass is 16.5. The van der Waals surface area contributed by atoms with Crippen LogP contribution >= 0.6 is 0 Å². The first-order valence-corrected chi connectivity index (χ1v) is 4.19. The van der Waals surface area contributed by atoms with Crippen molar-refractivity contribution in [3.05, 3.63) is 4.98 Å². The van der Waals surface area contributed by atoms with Crippen LogP contribution in [0.1, 0.15) is 33.6 Å². The first kappa shape index (κ1) is 10.9. The SMILES string of the molecule is CCC(=O)OC(CC)C(C)[N+]#N. The van der Waals surface area contributed by atoms with Gasteiger partial charge in [0, 0.05) is 13.3 Å². The number of nitrogens with zero attached hydrogens (tertiary/aromatic N) is 2. The molecule has 0 aromatic heterocycles. The molecular weight excluding hydrogens is 156 g/mol. The average molecular weight is 171 g/mol. The van der Waals surface area contributed by atoms with Gasteiger partial charge in [-0.3, -0.25) is 4.79 Å². The Morgan fingerprint density at radius 2 is 2.17 bits per heavy atom. The molecule has 0 saturated heterocycles. The molecule has 68 valence electrons. The predicted molar refractivity (Wildman–Crippen MR) is 45.0 cm³/mol. The number of esters is 1. The number of diazo groups is 1. The van der Waals surface area contributed by atoms with Gasteiger partial charge in [-0.1, -0.05) is 13.8 Å². The number of carbonyl (C=O) groups excluding carboxylic acids is 1. The minimum atomic E-state index is -0.342. The summed E-state index contributed by atoms with van der Waals surface area (Å²) in [4.78, 5) is 13.9. The lowest BCUT2D eigenvalue weighted by Gasteiger charge is -2.10. The summed E-state index contributed by atoms with van der Waals surface area (Å²) in [6.45, 7) is 5.32. The molecule has 0 N–H and O–H groups in total. The van der Waals surface area contributed by atoms with E-state index in [0.717, 1.165) is 0 Å². The molecule has 0 aliphatic heterocycles. The molecule has 0 aromatic rings. The van der Waals surface area contributed by atoms with Crippen molar-refractivity contribution in [1.82, 2.24) is 0 Å². The van der Waals surface area contributed by atoms with Gasteiger partial charge in [0.2, 0.25) is 5.39 Å². The van der Waals surface area contributed by atoms with Crippen molar-refractivity contribution >= 4 is 5.97 Å². The average Bonchev–Trinajstić information content (AvgIpc) is 2.12. The number of ether oxygens (including phenoxy) is 1. The van der Waals surface area contributed by atoms with Gasteiger partial charge in [-0.15, -0.1) is 0 Å². The van der Waals surface area contributed by atoms with Crippen LogP contribution < -0.4 is 0 Å². The first-order chi connectivity index (χ1) is 5.65. The second-order valence-electron chi connectivity index (χ2n) is 2.65. The van der Waals surface area contributed by atoms with Crippen molar-refractivity contribution in [2.45, 2.75) is 45.8 Å². The summed E-state index contributed by atoms with van der Waals surface area (Å²) in [5, 5.41) is 8.46. The summed E-state index contributed by atoms with van der Waals surface area (Å²) < 4.78 is 5.01. The monoisotopic (exact) mass is 171 g/mol. The Bertz CT molecular complexity index is 186. The van der Waals surface area contributed by atoms with Crippen LogP contribution in [0.15, 0.2) is 0 Å². The fourth-order valence-electron chi connectivity index (χ4n) is 0.849. The van der Waals surface area contributed by atoms with E-state index in [9.17, 15) is 4.79 Å². The molecule has 12 heavy (non-hydrogen) atoms. The maximum atomic E-state index is 10.9. The molecule has 0 aliphatic carbocycles. The summed E-state index contributed by atoms with van der Waals surface area (Å²) >= 11 is 0. The van der Waals surface area contributed by atoms with E-state index in [0.29, 0.717) is 12.8 Å². The van der Waals surface area contributed by atoms with Gasteiger partial charge in [-0.2, -0.15) is 0 Å². The summed E-state index contributed by atoms with van der Waals surface area (Å²) in [6, 6.07) is -0.342. The first-order valence-electron chi connectivity index (χ1n) is 4.19. The molecule has 0 spiro atoms. The number of hydrogen-bond donors (Lipinski definition) is 0. The van der Waals surface area contributed by atoms with E-state index in [-0.39, 0.29) is 18.1 Å². The Morgan fingerprint density at radius 1 is 1.58 bits per heavy atom. The van der Waals surface area contributed by atoms with Crippen molar-refractivity contribution in [3.8, 4) is 0 Å². The van der Waals surface area contributed by atoms with Crippen molar-refractivity contribution < 1.29 is 9.53 Å². The molecule has 2 atom stereocenters. The van der Waals surface area contributed by atoms with Gasteiger partial charge >= 0.3 is 12.0 Å². The molecule has 0 radical (unpaired) electrons. The van der Waals surface area contributed by atoms with E-state index in [4.69, 9.17) is 10.1 Å². The largest absolute Gasteiger partial charge is 0.454 e. The van der Waals surface area contributed by atoms with Gasteiger partial charge in [0.1, 0.15) is 4.98 Å². The zero-order valence-electron chi connectivity index (χ0n) is 7.78. The second-order valence-corrected chi connectivity index (χ2v) is 2.65. The highest BCUT2D eigenvalue weighted by molar-refractivity contribution is 5.69. The Hall–Kier alpha value is -1.11. The Balaban J connectivity index is 4.01. The van der Waals surface area contributed by atoms with Gasteiger partial charge in [-0.25, -0.2) is 0 Å². The van der Waals surface area contributed by atoms with Crippen LogP contribution in [0.4, 0.5) is 0 Å². The third kappa shape index (κ3) is 3.33. The zero-order chi connectivity index (χ0) is 9.56. The van der Waals surface area contributed by atoms with Crippen molar-refractivity contribution in [2.75, 3.05) is 0 Å². The Labute approximate surface area is 72.5 Å². The predicted octanol–water partition coefficient (Wildman–Crippen LogP) is 1.96. The van der Waals surface area contributed by atoms with Crippen LogP contribution in [0, 0.1) is 5.39 Å². The third-order valence-electron chi connectivity index (χ3n) is 1.69. The van der Waals surface area contributed by atoms with Crippen LogP contribution in [0.25, 0.3) is 4.98 Å². The summed E-state index contributed by atoms with van der Waals surface area (Å²) in [6.07, 6.45) is 0.716. The van der Waals surface area contributed by atoms with Gasteiger partial charge in [0.15, 0.2) is 6.10 Å². The van der Waals surface area contributed by atoms with Gasteiger partial charge in [0.05, 0.1) is 0 Å². The molecule has 0 fully saturated rings. The molecule has 0 amide bonds. The van der Waals surface area contributed by atoms with E-state index in [1.165, 1.54) is 0 Å². The summed E-state index contributed by atoms with van der Waals surface area (Å²) in [5.74, 6) is -0.252. The van der Waals surface area contributed by atoms with Crippen LogP contribution in [0.5, 0.6) is 0 Å². The van der Waals surface area contributed by atoms with E-state index >= 15 is 0 Å². The van der Waals surface area contributed by atoms with Crippen molar-refractivity contribution in [2.24, 2.45) is 0 Å². The summed E-state index contributed by atoms with van der Waals surface area (Å²) in [5.41, 5.74) is 0. The second kappa shape index (κ2) is 5.53. The molecule has 2 unspecified atom stereocenters. The minimum absolute atomic E-state index is 0.252. The topological polar surface area (TPSA) is 54.5 Å². The minimum Gasteiger partial charge on any atom is -0.454 e. The maximum absolute atomic E-state index is 10.9. The number of rotatable bonds is 4. The van der Waals surface area contributed by atoms with Crippen LogP contribution in [0.3, 0.4) is 0 Å². The number of carbonyl (C=O) groups is 1. The quantitative estimate of drug-likeness (QED) is 0.480. The molecule has 0 aliphatic rings. The van der Waals surface area contributed by atoms with Crippen molar-refractivity contribution in [3.63, 3.8) is 0 Å². The smallest absolute Gasteiger partial charge is 0.347 e. The standard InChI is InChI=1S/C8H15N2O2/c1-4-7(6(3)10-9)12-8(11)5-2/h6-7H,4-5H2,1-3H3/q+1. The number of hydrogen-bond acceptors (Lipinski definition) is 3. The molecule has 4 heteroatoms. The molecule has 0 aromatic carbocycles. The molecule has 0 bridgehead atoms. The highest BCUT2D eigenvalue weighted by Crippen LogP contribution is 2.08. The van der Waals surface area contributed by atoms with E-state index in [2.05, 4.69) is 4.98 Å². The zero-order valence-corrected chi connectivity index (χ0v) is 7.78. The lowest BCUT2D eigenvalue weighted by molar-refractivity contribution is -0.149. The fourth-order valence-corrected chi connectivity index (χ4v) is 0.849. The lowest BCUT2D eigenvalue weighted by Crippen LogP contribution is -2.25. The van der Waals surface area contributed by atoms with E-state index in [1.54, 1.807) is 13.8 Å². The summed E-state index contributed by atoms with van der Waals surface area (Å²) in [7, 11) is 0. The molecule has 0 heterocycles. The molecule has 4 nitrogen and oxygen atoms in total. The van der Waals surface area contributed by atoms with Crippen LogP contribution in [0.2, 0.25) is 0 Å². The van der Waals surface area contributed by atoms with Crippen molar-refractivity contribution in [1.29, 1.82) is 5.39 Å². The van der Waals surface area contributed by atoms with Gasteiger partial charge in [0.25, 0.3) is 0 Å². The normalized spacial score (nSPS) is 14.5. The molecular formula is C8H15N2O2+. The van der Waals surface area contributed by atoms with Crippen LogP contribution in [-0.4, -0.2) is 18.1 Å². The molecule has 0 saturated carbocycles. The fraction of sp³-hybridized carbons (Fsp3) is 0.875. The third-order valence-corrected chi connectivity index (χ3v) is 1.69. The maximum Gasteiger partial charge on any atom is 0.347 e. The van der Waals surface area contributed by atoms with Crippen LogP contribution in [-0.2, 0) is 9.53 Å². The molecule has 0 rings (SSSR count). The van der Waals surface area contributed by atoms with E-state index in [1.807, 2.05) is 6.92 Å².